The molecule has 5 nitrogen and oxygen atoms in total. The summed E-state index contributed by atoms with van der Waals surface area (Å²) in [5.74, 6) is 0.694. The van der Waals surface area contributed by atoms with Crippen molar-refractivity contribution in [3.05, 3.63) is 46.4 Å². The summed E-state index contributed by atoms with van der Waals surface area (Å²) in [6.07, 6.45) is 0. The van der Waals surface area contributed by atoms with Gasteiger partial charge in [-0.15, -0.1) is 0 Å². The molecule has 118 valence electrons. The molecule has 2 N–H and O–H groups in total. The number of rotatable bonds is 6. The molecule has 1 heterocycles. The molecule has 2 aromatic rings. The minimum Gasteiger partial charge on any atom is -0.372 e. The summed E-state index contributed by atoms with van der Waals surface area (Å²) in [6, 6.07) is 9.67. The first-order valence-corrected chi connectivity index (χ1v) is 7.76. The number of nitrogens with one attached hydrogen (secondary N) is 2. The van der Waals surface area contributed by atoms with Crippen molar-refractivity contribution in [2.24, 2.45) is 0 Å². The van der Waals surface area contributed by atoms with Crippen molar-refractivity contribution in [1.29, 1.82) is 0 Å². The van der Waals surface area contributed by atoms with E-state index in [9.17, 15) is 4.79 Å². The highest BCUT2D eigenvalue weighted by atomic mass is 16.1. The first-order chi connectivity index (χ1) is 10.5. The lowest BCUT2D eigenvalue weighted by atomic mass is 10.1. The van der Waals surface area contributed by atoms with Gasteiger partial charge in [-0.3, -0.25) is 9.78 Å². The summed E-state index contributed by atoms with van der Waals surface area (Å²) in [7, 11) is 0. The highest BCUT2D eigenvalue weighted by Crippen LogP contribution is 2.20. The van der Waals surface area contributed by atoms with Gasteiger partial charge in [-0.25, -0.2) is 4.98 Å². The molecule has 0 saturated heterocycles. The predicted molar refractivity (Wildman–Crippen MR) is 92.2 cm³/mol. The maximum atomic E-state index is 11.7. The average Bonchev–Trinajstić information content (AvgIpc) is 2.49. The monoisotopic (exact) mass is 300 g/mol. The maximum Gasteiger partial charge on any atom is 0.252 e. The van der Waals surface area contributed by atoms with Crippen LogP contribution < -0.4 is 15.8 Å². The van der Waals surface area contributed by atoms with Crippen LogP contribution >= 0.6 is 0 Å². The Hall–Kier alpha value is -2.30. The summed E-state index contributed by atoms with van der Waals surface area (Å²) < 4.78 is 0. The predicted octanol–water partition coefficient (Wildman–Crippen LogP) is 3.48. The first kappa shape index (κ1) is 16.1. The van der Waals surface area contributed by atoms with Crippen LogP contribution in [0.1, 0.15) is 39.3 Å². The lowest BCUT2D eigenvalue weighted by molar-refractivity contribution is 0.812. The van der Waals surface area contributed by atoms with E-state index < -0.39 is 0 Å². The molecule has 0 aliphatic rings. The highest BCUT2D eigenvalue weighted by molar-refractivity contribution is 5.59. The van der Waals surface area contributed by atoms with Crippen LogP contribution in [0.15, 0.2) is 35.1 Å². The fourth-order valence-corrected chi connectivity index (χ4v) is 2.31. The number of H-pyrrole nitrogens is 1. The van der Waals surface area contributed by atoms with E-state index in [-0.39, 0.29) is 11.5 Å². The third kappa shape index (κ3) is 3.87. The number of aromatic amines is 1. The van der Waals surface area contributed by atoms with Gasteiger partial charge in [-0.05, 0) is 44.0 Å². The Bertz CT molecular complexity index is 657. The molecule has 1 aromatic carbocycles. The standard InChI is InChI=1S/C17H24N4O/c1-5-21(6-2)14-9-7-13(8-10-14)18-17-19-15(12(3)4)11-16(22)20-17/h7-12H,5-6H2,1-4H3,(H2,18,19,20,22). The Morgan fingerprint density at radius 3 is 2.36 bits per heavy atom. The normalized spacial score (nSPS) is 10.8. The number of nitrogens with zero attached hydrogens (tertiary/aromatic N) is 2. The van der Waals surface area contributed by atoms with E-state index in [1.807, 2.05) is 26.0 Å². The van der Waals surface area contributed by atoms with Crippen LogP contribution in [-0.4, -0.2) is 23.1 Å². The van der Waals surface area contributed by atoms with Gasteiger partial charge in [0.15, 0.2) is 0 Å². The van der Waals surface area contributed by atoms with Gasteiger partial charge in [0.2, 0.25) is 5.95 Å². The van der Waals surface area contributed by atoms with Crippen molar-refractivity contribution >= 4 is 17.3 Å². The Kier molecular flexibility index (Phi) is 5.20. The van der Waals surface area contributed by atoms with Gasteiger partial charge >= 0.3 is 0 Å². The number of benzene rings is 1. The molecule has 0 bridgehead atoms. The third-order valence-electron chi connectivity index (χ3n) is 3.61. The summed E-state index contributed by atoms with van der Waals surface area (Å²) in [5, 5.41) is 3.16. The highest BCUT2D eigenvalue weighted by Gasteiger charge is 2.06. The Labute approximate surface area is 131 Å². The van der Waals surface area contributed by atoms with Crippen molar-refractivity contribution in [1.82, 2.24) is 9.97 Å². The van der Waals surface area contributed by atoms with Crippen LogP contribution in [0.3, 0.4) is 0 Å². The molecule has 0 aliphatic heterocycles. The van der Waals surface area contributed by atoms with Gasteiger partial charge in [0.25, 0.3) is 5.56 Å². The molecule has 22 heavy (non-hydrogen) atoms. The zero-order chi connectivity index (χ0) is 16.1. The largest absolute Gasteiger partial charge is 0.372 e. The van der Waals surface area contributed by atoms with Crippen LogP contribution in [0.5, 0.6) is 0 Å². The number of hydrogen-bond acceptors (Lipinski definition) is 4. The Morgan fingerprint density at radius 1 is 1.18 bits per heavy atom. The van der Waals surface area contributed by atoms with E-state index in [2.05, 4.69) is 46.2 Å². The fraction of sp³-hybridized carbons (Fsp3) is 0.412. The summed E-state index contributed by atoms with van der Waals surface area (Å²) in [6.45, 7) is 10.3. The number of aromatic nitrogens is 2. The molecule has 0 radical (unpaired) electrons. The smallest absolute Gasteiger partial charge is 0.252 e. The second-order valence-electron chi connectivity index (χ2n) is 5.52. The third-order valence-corrected chi connectivity index (χ3v) is 3.61. The van der Waals surface area contributed by atoms with E-state index in [0.29, 0.717) is 5.95 Å². The van der Waals surface area contributed by atoms with Crippen molar-refractivity contribution in [3.8, 4) is 0 Å². The number of hydrogen-bond donors (Lipinski definition) is 2. The second kappa shape index (κ2) is 7.11. The first-order valence-electron chi connectivity index (χ1n) is 7.76. The minimum absolute atomic E-state index is 0.138. The molecule has 1 aromatic heterocycles. The summed E-state index contributed by atoms with van der Waals surface area (Å²) >= 11 is 0. The molecule has 0 saturated carbocycles. The molecule has 0 fully saturated rings. The van der Waals surface area contributed by atoms with Gasteiger partial charge in [0, 0.05) is 30.5 Å². The van der Waals surface area contributed by atoms with Crippen LogP contribution in [0.2, 0.25) is 0 Å². The molecule has 0 amide bonds. The molecule has 0 spiro atoms. The van der Waals surface area contributed by atoms with E-state index in [1.54, 1.807) is 6.07 Å². The molecule has 5 heteroatoms. The summed E-state index contributed by atoms with van der Waals surface area (Å²) in [5.41, 5.74) is 2.74. The van der Waals surface area contributed by atoms with Crippen LogP contribution in [-0.2, 0) is 0 Å². The fourth-order valence-electron chi connectivity index (χ4n) is 2.31. The zero-order valence-electron chi connectivity index (χ0n) is 13.7. The molecule has 0 atom stereocenters. The van der Waals surface area contributed by atoms with Gasteiger partial charge in [-0.2, -0.15) is 0 Å². The van der Waals surface area contributed by atoms with Gasteiger partial charge in [0.1, 0.15) is 0 Å². The van der Waals surface area contributed by atoms with Gasteiger partial charge in [0.05, 0.1) is 5.69 Å². The van der Waals surface area contributed by atoms with Crippen molar-refractivity contribution in [2.75, 3.05) is 23.3 Å². The van der Waals surface area contributed by atoms with E-state index in [4.69, 9.17) is 0 Å². The van der Waals surface area contributed by atoms with Crippen LogP contribution in [0.4, 0.5) is 17.3 Å². The lowest BCUT2D eigenvalue weighted by Gasteiger charge is -2.21. The van der Waals surface area contributed by atoms with Crippen molar-refractivity contribution in [3.63, 3.8) is 0 Å². The van der Waals surface area contributed by atoms with Crippen molar-refractivity contribution in [2.45, 2.75) is 33.6 Å². The molecule has 0 aliphatic carbocycles. The molecule has 2 rings (SSSR count). The SMILES string of the molecule is CCN(CC)c1ccc(Nc2nc(C(C)C)cc(=O)[nH]2)cc1. The maximum absolute atomic E-state index is 11.7. The van der Waals surface area contributed by atoms with Gasteiger partial charge < -0.3 is 10.2 Å². The van der Waals surface area contributed by atoms with E-state index >= 15 is 0 Å². The molecular weight excluding hydrogens is 276 g/mol. The topological polar surface area (TPSA) is 61.0 Å². The number of anilines is 3. The minimum atomic E-state index is -0.138. The Morgan fingerprint density at radius 2 is 1.82 bits per heavy atom. The zero-order valence-corrected chi connectivity index (χ0v) is 13.7. The van der Waals surface area contributed by atoms with Crippen LogP contribution in [0.25, 0.3) is 0 Å². The quantitative estimate of drug-likeness (QED) is 0.857. The van der Waals surface area contributed by atoms with Gasteiger partial charge in [-0.1, -0.05) is 13.8 Å². The average molecular weight is 300 g/mol. The summed E-state index contributed by atoms with van der Waals surface area (Å²) in [4.78, 5) is 21.1. The van der Waals surface area contributed by atoms with E-state index in [0.717, 1.165) is 24.5 Å². The molecular formula is C17H24N4O. The molecule has 0 unspecified atom stereocenters. The van der Waals surface area contributed by atoms with Crippen LogP contribution in [0, 0.1) is 0 Å². The lowest BCUT2D eigenvalue weighted by Crippen LogP contribution is -2.21. The van der Waals surface area contributed by atoms with Crippen molar-refractivity contribution < 1.29 is 0 Å². The van der Waals surface area contributed by atoms with E-state index in [1.165, 1.54) is 5.69 Å². The Balaban J connectivity index is 2.19. The second-order valence-corrected chi connectivity index (χ2v) is 5.52.